The van der Waals surface area contributed by atoms with Gasteiger partial charge in [-0.15, -0.1) is 0 Å². The number of esters is 1. The number of para-hydroxylation sites is 1. The van der Waals surface area contributed by atoms with Crippen LogP contribution in [0.15, 0.2) is 48.5 Å². The Bertz CT molecular complexity index is 848. The molecule has 0 aliphatic rings. The van der Waals surface area contributed by atoms with E-state index in [1.807, 2.05) is 31.2 Å². The Balaban J connectivity index is 1.98. The summed E-state index contributed by atoms with van der Waals surface area (Å²) in [6.45, 7) is 6.21. The van der Waals surface area contributed by atoms with Gasteiger partial charge in [0.2, 0.25) is 11.8 Å². The maximum absolute atomic E-state index is 12.4. The number of rotatable bonds is 8. The highest BCUT2D eigenvalue weighted by Gasteiger charge is 2.16. The maximum atomic E-state index is 12.4. The Morgan fingerprint density at radius 3 is 2.50 bits per heavy atom. The van der Waals surface area contributed by atoms with Gasteiger partial charge in [0, 0.05) is 26.4 Å². The third kappa shape index (κ3) is 6.23. The van der Waals surface area contributed by atoms with Gasteiger partial charge >= 0.3 is 5.97 Å². The highest BCUT2D eigenvalue weighted by Crippen LogP contribution is 2.17. The Morgan fingerprint density at radius 2 is 1.82 bits per heavy atom. The molecule has 0 saturated carbocycles. The number of aryl methyl sites for hydroxylation is 1. The van der Waals surface area contributed by atoms with Crippen molar-refractivity contribution in [2.75, 3.05) is 18.5 Å². The zero-order chi connectivity index (χ0) is 20.5. The summed E-state index contributed by atoms with van der Waals surface area (Å²) in [5.74, 6) is -0.850. The van der Waals surface area contributed by atoms with Crippen LogP contribution in [0.4, 0.5) is 5.69 Å². The summed E-state index contributed by atoms with van der Waals surface area (Å²) in [4.78, 5) is 38.0. The fourth-order valence-corrected chi connectivity index (χ4v) is 2.81. The van der Waals surface area contributed by atoms with Gasteiger partial charge in [-0.25, -0.2) is 4.79 Å². The summed E-state index contributed by atoms with van der Waals surface area (Å²) in [6.07, 6.45) is 0.128. The molecule has 1 N–H and O–H groups in total. The average molecular weight is 382 g/mol. The lowest BCUT2D eigenvalue weighted by atomic mass is 10.1. The van der Waals surface area contributed by atoms with Crippen molar-refractivity contribution in [3.8, 4) is 0 Å². The zero-order valence-electron chi connectivity index (χ0n) is 16.5. The van der Waals surface area contributed by atoms with Crippen molar-refractivity contribution in [3.05, 3.63) is 65.2 Å². The van der Waals surface area contributed by atoms with E-state index in [1.54, 1.807) is 36.1 Å². The number of ether oxygens (including phenoxy) is 1. The molecule has 6 nitrogen and oxygen atoms in total. The molecule has 0 bridgehead atoms. The molecule has 2 aromatic rings. The lowest BCUT2D eigenvalue weighted by Crippen LogP contribution is -2.31. The van der Waals surface area contributed by atoms with E-state index in [4.69, 9.17) is 4.74 Å². The third-order valence-electron chi connectivity index (χ3n) is 4.21. The molecule has 0 radical (unpaired) electrons. The molecule has 0 unspecified atom stereocenters. The van der Waals surface area contributed by atoms with Gasteiger partial charge in [0.05, 0.1) is 17.9 Å². The molecule has 0 atom stereocenters. The normalized spacial score (nSPS) is 10.2. The van der Waals surface area contributed by atoms with E-state index in [1.165, 1.54) is 6.92 Å². The Labute approximate surface area is 165 Å². The second kappa shape index (κ2) is 10.3. The number of nitrogens with one attached hydrogen (secondary N) is 1. The first-order valence-corrected chi connectivity index (χ1v) is 9.27. The predicted octanol–water partition coefficient (Wildman–Crippen LogP) is 3.55. The summed E-state index contributed by atoms with van der Waals surface area (Å²) in [7, 11) is 0. The standard InChI is InChI=1S/C22H26N2O4/c1-4-28-22(27)19-10-5-6-11-20(19)23-21(26)12-13-24(17(3)25)15-18-9-7-8-16(2)14-18/h5-11,14H,4,12-13,15H2,1-3H3,(H,23,26). The van der Waals surface area contributed by atoms with Gasteiger partial charge in [-0.1, -0.05) is 42.0 Å². The third-order valence-corrected chi connectivity index (χ3v) is 4.21. The predicted molar refractivity (Wildman–Crippen MR) is 108 cm³/mol. The number of benzene rings is 2. The molecule has 0 fully saturated rings. The van der Waals surface area contributed by atoms with E-state index >= 15 is 0 Å². The van der Waals surface area contributed by atoms with E-state index in [0.29, 0.717) is 17.8 Å². The first-order valence-electron chi connectivity index (χ1n) is 9.27. The molecule has 0 saturated heterocycles. The van der Waals surface area contributed by atoms with Crippen LogP contribution in [0.25, 0.3) is 0 Å². The average Bonchev–Trinajstić information content (AvgIpc) is 2.65. The van der Waals surface area contributed by atoms with Gasteiger partial charge in [0.1, 0.15) is 0 Å². The zero-order valence-corrected chi connectivity index (χ0v) is 16.5. The van der Waals surface area contributed by atoms with Crippen molar-refractivity contribution < 1.29 is 19.1 Å². The van der Waals surface area contributed by atoms with Crippen LogP contribution in [-0.4, -0.2) is 35.8 Å². The Kier molecular flexibility index (Phi) is 7.75. The highest BCUT2D eigenvalue weighted by molar-refractivity contribution is 6.01. The Hall–Kier alpha value is -3.15. The lowest BCUT2D eigenvalue weighted by Gasteiger charge is -2.21. The molecule has 148 valence electrons. The van der Waals surface area contributed by atoms with E-state index < -0.39 is 5.97 Å². The quantitative estimate of drug-likeness (QED) is 0.709. The number of anilines is 1. The van der Waals surface area contributed by atoms with Gasteiger partial charge in [-0.05, 0) is 31.5 Å². The second-order valence-corrected chi connectivity index (χ2v) is 6.49. The van der Waals surface area contributed by atoms with E-state index in [9.17, 15) is 14.4 Å². The van der Waals surface area contributed by atoms with Crippen molar-refractivity contribution in [1.29, 1.82) is 0 Å². The first-order chi connectivity index (χ1) is 13.4. The number of hydrogen-bond acceptors (Lipinski definition) is 4. The molecule has 0 heterocycles. The number of amides is 2. The second-order valence-electron chi connectivity index (χ2n) is 6.49. The topological polar surface area (TPSA) is 75.7 Å². The van der Waals surface area contributed by atoms with E-state index in [-0.39, 0.29) is 31.4 Å². The van der Waals surface area contributed by atoms with Gasteiger partial charge in [-0.3, -0.25) is 9.59 Å². The summed E-state index contributed by atoms with van der Waals surface area (Å²) in [5, 5.41) is 2.74. The molecule has 2 amide bonds. The minimum Gasteiger partial charge on any atom is -0.462 e. The molecule has 6 heteroatoms. The number of hydrogen-bond donors (Lipinski definition) is 1. The SMILES string of the molecule is CCOC(=O)c1ccccc1NC(=O)CCN(Cc1cccc(C)c1)C(C)=O. The van der Waals surface area contributed by atoms with Crippen LogP contribution in [0.2, 0.25) is 0 Å². The minimum absolute atomic E-state index is 0.0961. The van der Waals surface area contributed by atoms with Gasteiger partial charge in [0.25, 0.3) is 0 Å². The van der Waals surface area contributed by atoms with Crippen molar-refractivity contribution in [2.24, 2.45) is 0 Å². The first kappa shape index (κ1) is 21.2. The molecular formula is C22H26N2O4. The fraction of sp³-hybridized carbons (Fsp3) is 0.318. The van der Waals surface area contributed by atoms with E-state index in [0.717, 1.165) is 11.1 Å². The number of nitrogens with zero attached hydrogens (tertiary/aromatic N) is 1. The van der Waals surface area contributed by atoms with Crippen LogP contribution in [-0.2, 0) is 20.9 Å². The van der Waals surface area contributed by atoms with Crippen LogP contribution in [0.3, 0.4) is 0 Å². The fourth-order valence-electron chi connectivity index (χ4n) is 2.81. The monoisotopic (exact) mass is 382 g/mol. The largest absolute Gasteiger partial charge is 0.462 e. The molecular weight excluding hydrogens is 356 g/mol. The van der Waals surface area contributed by atoms with Crippen molar-refractivity contribution in [1.82, 2.24) is 4.90 Å². The van der Waals surface area contributed by atoms with Crippen LogP contribution >= 0.6 is 0 Å². The summed E-state index contributed by atoms with van der Waals surface area (Å²) < 4.78 is 5.01. The van der Waals surface area contributed by atoms with Crippen LogP contribution in [0.1, 0.15) is 41.8 Å². The highest BCUT2D eigenvalue weighted by atomic mass is 16.5. The van der Waals surface area contributed by atoms with Crippen LogP contribution < -0.4 is 5.32 Å². The number of carbonyl (C=O) groups excluding carboxylic acids is 3. The molecule has 28 heavy (non-hydrogen) atoms. The Morgan fingerprint density at radius 1 is 1.07 bits per heavy atom. The molecule has 2 aromatic carbocycles. The van der Waals surface area contributed by atoms with Gasteiger partial charge < -0.3 is 15.0 Å². The molecule has 0 aromatic heterocycles. The molecule has 0 spiro atoms. The molecule has 0 aliphatic carbocycles. The maximum Gasteiger partial charge on any atom is 0.340 e. The summed E-state index contributed by atoms with van der Waals surface area (Å²) in [5.41, 5.74) is 2.84. The van der Waals surface area contributed by atoms with E-state index in [2.05, 4.69) is 5.32 Å². The van der Waals surface area contributed by atoms with Crippen LogP contribution in [0.5, 0.6) is 0 Å². The smallest absolute Gasteiger partial charge is 0.340 e. The number of carbonyl (C=O) groups is 3. The summed E-state index contributed by atoms with van der Waals surface area (Å²) >= 11 is 0. The lowest BCUT2D eigenvalue weighted by molar-refractivity contribution is -0.129. The summed E-state index contributed by atoms with van der Waals surface area (Å²) in [6, 6.07) is 14.6. The molecule has 2 rings (SSSR count). The minimum atomic E-state index is -0.483. The molecule has 0 aliphatic heterocycles. The van der Waals surface area contributed by atoms with Crippen molar-refractivity contribution >= 4 is 23.5 Å². The van der Waals surface area contributed by atoms with Gasteiger partial charge in [0.15, 0.2) is 0 Å². The van der Waals surface area contributed by atoms with Gasteiger partial charge in [-0.2, -0.15) is 0 Å². The van der Waals surface area contributed by atoms with Crippen molar-refractivity contribution in [3.63, 3.8) is 0 Å². The van der Waals surface area contributed by atoms with Crippen LogP contribution in [0, 0.1) is 6.92 Å². The van der Waals surface area contributed by atoms with Crippen molar-refractivity contribution in [2.45, 2.75) is 33.7 Å².